The normalized spacial score (nSPS) is 10.2. The number of rotatable bonds is 11. The first-order valence-corrected chi connectivity index (χ1v) is 10.8. The van der Waals surface area contributed by atoms with E-state index in [2.05, 4.69) is 32.1 Å². The Balaban J connectivity index is 1.73. The molecule has 0 saturated heterocycles. The summed E-state index contributed by atoms with van der Waals surface area (Å²) in [6.45, 7) is 3.27. The molecule has 0 aromatic heterocycles. The van der Waals surface area contributed by atoms with E-state index >= 15 is 0 Å². The molecular formula is C22H26BrN3O6. The number of methoxy groups -OCH3 is 1. The standard InChI is InChI=1S/C22H26BrN3O6/c1-3-31-17-7-5-16(6-8-17)24-20(27)10-11-21(28)25-26-22(29)15-4-9-19(18(23)14-15)32-13-12-30-2/h4-9,14H,3,10-13H2,1-2H3,(H,24,27)(H,25,28)(H,26,29). The lowest BCUT2D eigenvalue weighted by Crippen LogP contribution is -2.41. The lowest BCUT2D eigenvalue weighted by molar-refractivity contribution is -0.124. The van der Waals surface area contributed by atoms with Crippen molar-refractivity contribution < 1.29 is 28.6 Å². The molecule has 172 valence electrons. The first-order valence-electron chi connectivity index (χ1n) is 9.96. The SMILES string of the molecule is CCOc1ccc(NC(=O)CCC(=O)NNC(=O)c2ccc(OCCOC)c(Br)c2)cc1. The van der Waals surface area contributed by atoms with Gasteiger partial charge >= 0.3 is 0 Å². The zero-order valence-corrected chi connectivity index (χ0v) is 19.5. The number of nitrogens with one attached hydrogen (secondary N) is 3. The van der Waals surface area contributed by atoms with Gasteiger partial charge in [0, 0.05) is 31.2 Å². The molecule has 2 rings (SSSR count). The Morgan fingerprint density at radius 2 is 1.62 bits per heavy atom. The van der Waals surface area contributed by atoms with Crippen LogP contribution in [0.25, 0.3) is 0 Å². The molecule has 10 heteroatoms. The summed E-state index contributed by atoms with van der Waals surface area (Å²) in [6, 6.07) is 11.7. The molecule has 3 amide bonds. The van der Waals surface area contributed by atoms with E-state index in [1.54, 1.807) is 49.6 Å². The first-order chi connectivity index (χ1) is 15.4. The average molecular weight is 508 g/mol. The number of carbonyl (C=O) groups excluding carboxylic acids is 3. The molecule has 0 aliphatic heterocycles. The van der Waals surface area contributed by atoms with Gasteiger partial charge in [0.25, 0.3) is 5.91 Å². The van der Waals surface area contributed by atoms with E-state index in [4.69, 9.17) is 14.2 Å². The van der Waals surface area contributed by atoms with E-state index in [-0.39, 0.29) is 18.7 Å². The molecular weight excluding hydrogens is 482 g/mol. The van der Waals surface area contributed by atoms with Crippen LogP contribution in [0.3, 0.4) is 0 Å². The van der Waals surface area contributed by atoms with Gasteiger partial charge in [0.1, 0.15) is 18.1 Å². The van der Waals surface area contributed by atoms with Gasteiger partial charge in [0.15, 0.2) is 0 Å². The average Bonchev–Trinajstić information content (AvgIpc) is 2.78. The number of hydrogen-bond acceptors (Lipinski definition) is 6. The third kappa shape index (κ3) is 8.56. The zero-order chi connectivity index (χ0) is 23.3. The van der Waals surface area contributed by atoms with Gasteiger partial charge < -0.3 is 19.5 Å². The highest BCUT2D eigenvalue weighted by atomic mass is 79.9. The second-order valence-electron chi connectivity index (χ2n) is 6.49. The monoisotopic (exact) mass is 507 g/mol. The Morgan fingerprint density at radius 1 is 0.906 bits per heavy atom. The quantitative estimate of drug-likeness (QED) is 0.318. The van der Waals surface area contributed by atoms with E-state index in [1.807, 2.05) is 6.92 Å². The summed E-state index contributed by atoms with van der Waals surface area (Å²) < 4.78 is 16.4. The molecule has 9 nitrogen and oxygen atoms in total. The van der Waals surface area contributed by atoms with Crippen molar-refractivity contribution in [1.29, 1.82) is 0 Å². The third-order valence-corrected chi connectivity index (χ3v) is 4.70. The van der Waals surface area contributed by atoms with Crippen LogP contribution in [0.1, 0.15) is 30.1 Å². The molecule has 3 N–H and O–H groups in total. The van der Waals surface area contributed by atoms with Crippen molar-refractivity contribution in [2.75, 3.05) is 32.2 Å². The van der Waals surface area contributed by atoms with Crippen LogP contribution in [0.2, 0.25) is 0 Å². The van der Waals surface area contributed by atoms with Gasteiger partial charge in [0.05, 0.1) is 17.7 Å². The summed E-state index contributed by atoms with van der Waals surface area (Å²) in [5.74, 6) is -0.0224. The molecule has 0 bridgehead atoms. The Morgan fingerprint density at radius 3 is 2.28 bits per heavy atom. The lowest BCUT2D eigenvalue weighted by atomic mass is 10.2. The Bertz CT molecular complexity index is 920. The van der Waals surface area contributed by atoms with Crippen LogP contribution in [0, 0.1) is 0 Å². The van der Waals surface area contributed by atoms with Crippen molar-refractivity contribution in [3.63, 3.8) is 0 Å². The summed E-state index contributed by atoms with van der Waals surface area (Å²) in [5, 5.41) is 2.70. The third-order valence-electron chi connectivity index (χ3n) is 4.08. The number of carbonyl (C=O) groups is 3. The fraction of sp³-hybridized carbons (Fsp3) is 0.318. The van der Waals surface area contributed by atoms with Gasteiger partial charge in [-0.15, -0.1) is 0 Å². The highest BCUT2D eigenvalue weighted by Crippen LogP contribution is 2.26. The molecule has 0 fully saturated rings. The van der Waals surface area contributed by atoms with E-state index in [9.17, 15) is 14.4 Å². The fourth-order valence-corrected chi connectivity index (χ4v) is 3.00. The molecule has 0 aliphatic carbocycles. The van der Waals surface area contributed by atoms with Crippen molar-refractivity contribution in [3.8, 4) is 11.5 Å². The van der Waals surface area contributed by atoms with Crippen molar-refractivity contribution in [1.82, 2.24) is 10.9 Å². The van der Waals surface area contributed by atoms with Crippen molar-refractivity contribution in [2.45, 2.75) is 19.8 Å². The minimum absolute atomic E-state index is 0.0338. The Hall–Kier alpha value is -3.11. The van der Waals surface area contributed by atoms with Crippen molar-refractivity contribution in [2.24, 2.45) is 0 Å². The molecule has 0 atom stereocenters. The van der Waals surface area contributed by atoms with Crippen molar-refractivity contribution in [3.05, 3.63) is 52.5 Å². The summed E-state index contributed by atoms with van der Waals surface area (Å²) >= 11 is 3.34. The largest absolute Gasteiger partial charge is 0.494 e. The molecule has 0 spiro atoms. The maximum absolute atomic E-state index is 12.2. The van der Waals surface area contributed by atoms with E-state index < -0.39 is 11.8 Å². The lowest BCUT2D eigenvalue weighted by Gasteiger charge is -2.11. The van der Waals surface area contributed by atoms with Gasteiger partial charge in [-0.2, -0.15) is 0 Å². The van der Waals surface area contributed by atoms with Gasteiger partial charge in [-0.25, -0.2) is 0 Å². The number of hydrazine groups is 1. The predicted molar refractivity (Wildman–Crippen MR) is 123 cm³/mol. The highest BCUT2D eigenvalue weighted by molar-refractivity contribution is 9.10. The highest BCUT2D eigenvalue weighted by Gasteiger charge is 2.12. The van der Waals surface area contributed by atoms with E-state index in [0.717, 1.165) is 0 Å². The van der Waals surface area contributed by atoms with E-state index in [0.29, 0.717) is 47.0 Å². The molecule has 0 radical (unpaired) electrons. The fourth-order valence-electron chi connectivity index (χ4n) is 2.51. The number of hydrogen-bond donors (Lipinski definition) is 3. The number of benzene rings is 2. The summed E-state index contributed by atoms with van der Waals surface area (Å²) in [5.41, 5.74) is 5.55. The zero-order valence-electron chi connectivity index (χ0n) is 17.9. The van der Waals surface area contributed by atoms with Crippen LogP contribution in [-0.2, 0) is 14.3 Å². The van der Waals surface area contributed by atoms with Crippen LogP contribution in [0.15, 0.2) is 46.9 Å². The van der Waals surface area contributed by atoms with Crippen LogP contribution < -0.4 is 25.6 Å². The molecule has 0 saturated carbocycles. The van der Waals surface area contributed by atoms with Gasteiger partial charge in [-0.3, -0.25) is 25.2 Å². The summed E-state index contributed by atoms with van der Waals surface area (Å²) in [4.78, 5) is 36.2. The Kier molecular flexibility index (Phi) is 10.5. The topological polar surface area (TPSA) is 115 Å². The number of ether oxygens (including phenoxy) is 3. The number of halogens is 1. The molecule has 0 aliphatic rings. The first kappa shape index (κ1) is 25.2. The minimum Gasteiger partial charge on any atom is -0.494 e. The van der Waals surface area contributed by atoms with Gasteiger partial charge in [0.2, 0.25) is 11.8 Å². The second-order valence-corrected chi connectivity index (χ2v) is 7.35. The van der Waals surface area contributed by atoms with Gasteiger partial charge in [-0.05, 0) is 65.3 Å². The molecule has 2 aromatic carbocycles. The maximum Gasteiger partial charge on any atom is 0.269 e. The predicted octanol–water partition coefficient (Wildman–Crippen LogP) is 3.05. The molecule has 32 heavy (non-hydrogen) atoms. The van der Waals surface area contributed by atoms with Crippen LogP contribution in [0.5, 0.6) is 11.5 Å². The second kappa shape index (κ2) is 13.3. The smallest absolute Gasteiger partial charge is 0.269 e. The maximum atomic E-state index is 12.2. The number of amides is 3. The van der Waals surface area contributed by atoms with E-state index in [1.165, 1.54) is 0 Å². The summed E-state index contributed by atoms with van der Waals surface area (Å²) in [7, 11) is 1.58. The van der Waals surface area contributed by atoms with Gasteiger partial charge in [-0.1, -0.05) is 0 Å². The van der Waals surface area contributed by atoms with Crippen molar-refractivity contribution >= 4 is 39.3 Å². The minimum atomic E-state index is -0.499. The van der Waals surface area contributed by atoms with Crippen LogP contribution >= 0.6 is 15.9 Å². The molecule has 0 heterocycles. The molecule has 0 unspecified atom stereocenters. The van der Waals surface area contributed by atoms with Crippen LogP contribution in [0.4, 0.5) is 5.69 Å². The number of anilines is 1. The summed E-state index contributed by atoms with van der Waals surface area (Å²) in [6.07, 6.45) is -0.118. The van der Waals surface area contributed by atoms with Crippen LogP contribution in [-0.4, -0.2) is 44.7 Å². The Labute approximate surface area is 194 Å². The molecule has 2 aromatic rings.